The summed E-state index contributed by atoms with van der Waals surface area (Å²) in [6.07, 6.45) is 3.71. The maximum atomic E-state index is 5.45. The van der Waals surface area contributed by atoms with Crippen LogP contribution in [0.1, 0.15) is 30.5 Å². The Morgan fingerprint density at radius 1 is 0.562 bits per heavy atom. The van der Waals surface area contributed by atoms with Crippen molar-refractivity contribution in [3.05, 3.63) is 187 Å². The van der Waals surface area contributed by atoms with Crippen LogP contribution in [0.5, 0.6) is 0 Å². The van der Waals surface area contributed by atoms with Crippen molar-refractivity contribution in [2.45, 2.75) is 17.8 Å². The average molecular weight is 731 g/mol. The van der Waals surface area contributed by atoms with Crippen LogP contribution >= 0.6 is 22.6 Å². The second-order valence-corrected chi connectivity index (χ2v) is 13.8. The molecule has 1 heterocycles. The van der Waals surface area contributed by atoms with Crippen molar-refractivity contribution < 1.29 is 0 Å². The van der Waals surface area contributed by atoms with E-state index in [1.54, 1.807) is 0 Å². The van der Waals surface area contributed by atoms with E-state index in [-0.39, 0.29) is 3.92 Å². The van der Waals surface area contributed by atoms with Crippen molar-refractivity contribution in [3.63, 3.8) is 0 Å². The standard InChI is InChI=1S/C45H35IN2/c1-31(46)44(40-16-8-15-39(29-40)34-11-4-3-5-12-34)45(38-26-22-35(23-27-38)41-17-10-28-47-30-41)48-32(2)33-20-24-37(25-21-33)43-19-9-14-36-13-6-7-18-42(36)43/h3-31H,1-2H3/b45-44+,48-32?. The van der Waals surface area contributed by atoms with Gasteiger partial charge in [0.15, 0.2) is 0 Å². The Balaban J connectivity index is 1.34. The molecule has 0 aliphatic heterocycles. The molecule has 0 saturated carbocycles. The number of aromatic nitrogens is 1. The normalized spacial score (nSPS) is 12.9. The lowest BCUT2D eigenvalue weighted by Gasteiger charge is -2.18. The van der Waals surface area contributed by atoms with Gasteiger partial charge in [-0.2, -0.15) is 0 Å². The molecule has 48 heavy (non-hydrogen) atoms. The van der Waals surface area contributed by atoms with Gasteiger partial charge < -0.3 is 0 Å². The smallest absolute Gasteiger partial charge is 0.0753 e. The lowest BCUT2D eigenvalue weighted by atomic mass is 9.93. The van der Waals surface area contributed by atoms with Gasteiger partial charge in [-0.05, 0) is 86.8 Å². The lowest BCUT2D eigenvalue weighted by molar-refractivity contribution is 1.29. The van der Waals surface area contributed by atoms with Crippen LogP contribution in [-0.4, -0.2) is 14.6 Å². The number of pyridine rings is 1. The molecular weight excluding hydrogens is 695 g/mol. The van der Waals surface area contributed by atoms with E-state index in [0.29, 0.717) is 0 Å². The first-order valence-electron chi connectivity index (χ1n) is 16.2. The minimum Gasteiger partial charge on any atom is -0.264 e. The zero-order valence-electron chi connectivity index (χ0n) is 27.0. The molecule has 6 aromatic carbocycles. The van der Waals surface area contributed by atoms with Crippen LogP contribution in [0.4, 0.5) is 0 Å². The fourth-order valence-electron chi connectivity index (χ4n) is 6.29. The molecule has 232 valence electrons. The van der Waals surface area contributed by atoms with Crippen LogP contribution in [0.25, 0.3) is 55.4 Å². The molecule has 0 amide bonds. The number of hydrogen-bond donors (Lipinski definition) is 0. The van der Waals surface area contributed by atoms with E-state index in [1.165, 1.54) is 44.2 Å². The third kappa shape index (κ3) is 6.78. The molecule has 0 radical (unpaired) electrons. The Labute approximate surface area is 296 Å². The first-order valence-corrected chi connectivity index (χ1v) is 17.5. The number of allylic oxidation sites excluding steroid dienone is 1. The predicted molar refractivity (Wildman–Crippen MR) is 213 cm³/mol. The number of rotatable bonds is 8. The molecule has 0 N–H and O–H groups in total. The number of fused-ring (bicyclic) bond motifs is 1. The van der Waals surface area contributed by atoms with Gasteiger partial charge in [0.05, 0.1) is 5.70 Å². The Bertz CT molecular complexity index is 2230. The zero-order valence-corrected chi connectivity index (χ0v) is 29.2. The summed E-state index contributed by atoms with van der Waals surface area (Å²) in [5, 5.41) is 2.51. The molecule has 0 spiro atoms. The summed E-state index contributed by atoms with van der Waals surface area (Å²) in [4.78, 5) is 9.78. The van der Waals surface area contributed by atoms with Gasteiger partial charge in [-0.1, -0.05) is 168 Å². The molecule has 0 bridgehead atoms. The highest BCUT2D eigenvalue weighted by atomic mass is 127. The van der Waals surface area contributed by atoms with E-state index < -0.39 is 0 Å². The SMILES string of the molecule is CC(=N/C(=C(/c1cccc(-c2ccccc2)c1)C(C)I)c1ccc(-c2cccnc2)cc1)c1ccc(-c2cccc3ccccc23)cc1. The van der Waals surface area contributed by atoms with E-state index in [0.717, 1.165) is 33.7 Å². The van der Waals surface area contributed by atoms with Gasteiger partial charge in [0.2, 0.25) is 0 Å². The highest BCUT2D eigenvalue weighted by Gasteiger charge is 2.18. The second-order valence-electron chi connectivity index (χ2n) is 11.9. The number of benzene rings is 6. The molecule has 2 nitrogen and oxygen atoms in total. The van der Waals surface area contributed by atoms with E-state index >= 15 is 0 Å². The fraction of sp³-hybridized carbons (Fsp3) is 0.0667. The third-order valence-electron chi connectivity index (χ3n) is 8.77. The molecule has 3 heteroatoms. The van der Waals surface area contributed by atoms with Gasteiger partial charge in [-0.25, -0.2) is 0 Å². The quantitative estimate of drug-likeness (QED) is 0.0661. The van der Waals surface area contributed by atoms with Crippen LogP contribution in [0.15, 0.2) is 175 Å². The maximum absolute atomic E-state index is 5.45. The number of alkyl halides is 1. The monoisotopic (exact) mass is 730 g/mol. The minimum atomic E-state index is 0.201. The molecule has 7 aromatic rings. The number of hydrogen-bond acceptors (Lipinski definition) is 2. The topological polar surface area (TPSA) is 25.2 Å². The summed E-state index contributed by atoms with van der Waals surface area (Å²) < 4.78 is 0.201. The van der Waals surface area contributed by atoms with Gasteiger partial charge in [0.1, 0.15) is 0 Å². The predicted octanol–water partition coefficient (Wildman–Crippen LogP) is 12.4. The van der Waals surface area contributed by atoms with E-state index in [9.17, 15) is 0 Å². The van der Waals surface area contributed by atoms with Crippen molar-refractivity contribution >= 4 is 50.3 Å². The zero-order chi connectivity index (χ0) is 32.9. The summed E-state index contributed by atoms with van der Waals surface area (Å²) in [6.45, 7) is 4.37. The summed E-state index contributed by atoms with van der Waals surface area (Å²) in [5.41, 5.74) is 13.6. The highest BCUT2D eigenvalue weighted by molar-refractivity contribution is 14.1. The third-order valence-corrected chi connectivity index (χ3v) is 9.39. The van der Waals surface area contributed by atoms with Crippen LogP contribution in [0, 0.1) is 0 Å². The van der Waals surface area contributed by atoms with Crippen molar-refractivity contribution in [1.29, 1.82) is 0 Å². The first-order chi connectivity index (χ1) is 23.5. The van der Waals surface area contributed by atoms with Crippen LogP contribution in [0.2, 0.25) is 0 Å². The lowest BCUT2D eigenvalue weighted by Crippen LogP contribution is -2.03. The van der Waals surface area contributed by atoms with Gasteiger partial charge in [0, 0.05) is 27.6 Å². The summed E-state index contributed by atoms with van der Waals surface area (Å²) >= 11 is 2.54. The summed E-state index contributed by atoms with van der Waals surface area (Å²) in [6, 6.07) is 56.1. The Hall–Kier alpha value is -5.13. The van der Waals surface area contributed by atoms with Crippen LogP contribution < -0.4 is 0 Å². The number of aliphatic imine (C=N–C) groups is 1. The first kappa shape index (κ1) is 31.5. The van der Waals surface area contributed by atoms with Crippen molar-refractivity contribution in [1.82, 2.24) is 4.98 Å². The Kier molecular flexibility index (Phi) is 9.39. The minimum absolute atomic E-state index is 0.201. The summed E-state index contributed by atoms with van der Waals surface area (Å²) in [5.74, 6) is 0. The average Bonchev–Trinajstić information content (AvgIpc) is 3.15. The van der Waals surface area contributed by atoms with Crippen LogP contribution in [0.3, 0.4) is 0 Å². The molecule has 1 unspecified atom stereocenters. The second kappa shape index (κ2) is 14.3. The molecule has 7 rings (SSSR count). The molecular formula is C45H35IN2. The molecule has 0 saturated heterocycles. The van der Waals surface area contributed by atoms with Gasteiger partial charge in [-0.3, -0.25) is 9.98 Å². The Morgan fingerprint density at radius 3 is 1.94 bits per heavy atom. The van der Waals surface area contributed by atoms with E-state index in [4.69, 9.17) is 4.99 Å². The highest BCUT2D eigenvalue weighted by Crippen LogP contribution is 2.37. The van der Waals surface area contributed by atoms with Gasteiger partial charge in [0.25, 0.3) is 0 Å². The number of halogens is 1. The van der Waals surface area contributed by atoms with Gasteiger partial charge >= 0.3 is 0 Å². The molecule has 0 aliphatic carbocycles. The van der Waals surface area contributed by atoms with E-state index in [2.05, 4.69) is 193 Å². The van der Waals surface area contributed by atoms with Crippen molar-refractivity contribution in [3.8, 4) is 33.4 Å². The maximum Gasteiger partial charge on any atom is 0.0753 e. The molecule has 1 atom stereocenters. The molecule has 0 fully saturated rings. The van der Waals surface area contributed by atoms with E-state index in [1.807, 2.05) is 18.5 Å². The number of nitrogens with zero attached hydrogens (tertiary/aromatic N) is 2. The van der Waals surface area contributed by atoms with Crippen molar-refractivity contribution in [2.24, 2.45) is 4.99 Å². The fourth-order valence-corrected chi connectivity index (χ4v) is 6.94. The molecule has 0 aliphatic rings. The van der Waals surface area contributed by atoms with Crippen LogP contribution in [-0.2, 0) is 0 Å². The van der Waals surface area contributed by atoms with Gasteiger partial charge in [-0.15, -0.1) is 0 Å². The molecule has 1 aromatic heterocycles. The Morgan fingerprint density at radius 2 is 1.19 bits per heavy atom. The summed E-state index contributed by atoms with van der Waals surface area (Å²) in [7, 11) is 0. The largest absolute Gasteiger partial charge is 0.264 e. The van der Waals surface area contributed by atoms with Crippen molar-refractivity contribution in [2.75, 3.05) is 0 Å².